The third kappa shape index (κ3) is 5.30. The van der Waals surface area contributed by atoms with E-state index in [2.05, 4.69) is 34.2 Å². The minimum Gasteiger partial charge on any atom is -0.343 e. The van der Waals surface area contributed by atoms with Crippen LogP contribution < -0.4 is 5.32 Å². The molecule has 7 nitrogen and oxygen atoms in total. The fraction of sp³-hybridized carbons (Fsp3) is 0.885. The Morgan fingerprint density at radius 2 is 1.92 bits per heavy atom. The smallest absolute Gasteiger partial charge is 0.252 e. The lowest BCUT2D eigenvalue weighted by atomic mass is 9.77. The van der Waals surface area contributed by atoms with Crippen LogP contribution in [0.25, 0.3) is 0 Å². The molecular formula is C26H40F3N5O2. The second-order valence-corrected chi connectivity index (χ2v) is 12.1. The van der Waals surface area contributed by atoms with E-state index in [-0.39, 0.29) is 42.2 Å². The van der Waals surface area contributed by atoms with Crippen molar-refractivity contribution in [3.8, 4) is 0 Å². The minimum absolute atomic E-state index is 0.131. The monoisotopic (exact) mass is 511 g/mol. The first-order valence-electron chi connectivity index (χ1n) is 13.7. The average Bonchev–Trinajstić information content (AvgIpc) is 3.20. The maximum absolute atomic E-state index is 15.1. The van der Waals surface area contributed by atoms with E-state index in [9.17, 15) is 9.18 Å². The molecule has 4 aliphatic rings. The molecule has 1 amide bonds. The largest absolute Gasteiger partial charge is 0.343 e. The van der Waals surface area contributed by atoms with Crippen molar-refractivity contribution in [2.75, 3.05) is 26.2 Å². The lowest BCUT2D eigenvalue weighted by molar-refractivity contribution is -0.144. The fourth-order valence-electron chi connectivity index (χ4n) is 6.27. The summed E-state index contributed by atoms with van der Waals surface area (Å²) in [5.74, 6) is -3.39. The van der Waals surface area contributed by atoms with Crippen molar-refractivity contribution in [3.05, 3.63) is 11.7 Å². The van der Waals surface area contributed by atoms with E-state index in [0.717, 1.165) is 19.5 Å². The molecule has 1 aromatic rings. The van der Waals surface area contributed by atoms with Gasteiger partial charge < -0.3 is 14.7 Å². The average molecular weight is 512 g/mol. The number of carbonyl (C=O) groups excluding carboxylic acids is 1. The van der Waals surface area contributed by atoms with Gasteiger partial charge in [-0.15, -0.1) is 0 Å². The van der Waals surface area contributed by atoms with Crippen LogP contribution in [-0.2, 0) is 10.2 Å². The highest BCUT2D eigenvalue weighted by atomic mass is 19.3. The fourth-order valence-corrected chi connectivity index (χ4v) is 6.27. The summed E-state index contributed by atoms with van der Waals surface area (Å²) in [6.07, 6.45) is 2.62. The number of nitrogens with zero attached hydrogens (tertiary/aromatic N) is 4. The number of carbonyl (C=O) groups is 1. The second kappa shape index (κ2) is 9.89. The summed E-state index contributed by atoms with van der Waals surface area (Å²) in [4.78, 5) is 21.8. The number of amides is 1. The maximum Gasteiger partial charge on any atom is 0.252 e. The van der Waals surface area contributed by atoms with Crippen molar-refractivity contribution in [2.45, 2.75) is 114 Å². The van der Waals surface area contributed by atoms with E-state index in [0.29, 0.717) is 63.0 Å². The van der Waals surface area contributed by atoms with Crippen LogP contribution >= 0.6 is 0 Å². The Bertz CT molecular complexity index is 932. The molecular weight excluding hydrogens is 471 g/mol. The van der Waals surface area contributed by atoms with Crippen LogP contribution in [0, 0.1) is 5.92 Å². The van der Waals surface area contributed by atoms with Crippen molar-refractivity contribution in [2.24, 2.45) is 5.92 Å². The molecule has 36 heavy (non-hydrogen) atoms. The van der Waals surface area contributed by atoms with Gasteiger partial charge in [0.25, 0.3) is 5.92 Å². The van der Waals surface area contributed by atoms with Crippen LogP contribution in [0.5, 0.6) is 0 Å². The van der Waals surface area contributed by atoms with Gasteiger partial charge >= 0.3 is 0 Å². The third-order valence-corrected chi connectivity index (χ3v) is 9.08. The van der Waals surface area contributed by atoms with E-state index in [1.165, 1.54) is 0 Å². The zero-order valence-corrected chi connectivity index (χ0v) is 21.7. The molecule has 2 aliphatic carbocycles. The highest BCUT2D eigenvalue weighted by molar-refractivity contribution is 5.76. The van der Waals surface area contributed by atoms with Gasteiger partial charge in [0.1, 0.15) is 6.17 Å². The summed E-state index contributed by atoms with van der Waals surface area (Å²) < 4.78 is 48.8. The van der Waals surface area contributed by atoms with E-state index in [1.807, 2.05) is 6.92 Å². The Morgan fingerprint density at radius 1 is 1.19 bits per heavy atom. The van der Waals surface area contributed by atoms with Gasteiger partial charge in [0.05, 0.1) is 5.92 Å². The number of rotatable bonds is 7. The normalized spacial score (nSPS) is 34.3. The third-order valence-electron chi connectivity index (χ3n) is 9.08. The summed E-state index contributed by atoms with van der Waals surface area (Å²) in [7, 11) is 0. The molecule has 2 aliphatic heterocycles. The summed E-state index contributed by atoms with van der Waals surface area (Å²) in [6.45, 7) is 9.13. The molecule has 5 atom stereocenters. The number of hydrogen-bond acceptors (Lipinski definition) is 6. The molecule has 2 saturated carbocycles. The number of halogens is 3. The molecule has 1 N–H and O–H groups in total. The van der Waals surface area contributed by atoms with Gasteiger partial charge in [-0.05, 0) is 58.9 Å². The SMILES string of the molecule is CC(C)N1CC[C@H](N[C@H]2CCCC(F)(F)[C@@H]2CC(=O)N2CCC(C)(c3noc([C@@H]4C[C@@H]4F)n3)CC2)C1. The lowest BCUT2D eigenvalue weighted by Crippen LogP contribution is -2.54. The van der Waals surface area contributed by atoms with Crippen molar-refractivity contribution < 1.29 is 22.5 Å². The van der Waals surface area contributed by atoms with Gasteiger partial charge in [0.2, 0.25) is 11.8 Å². The zero-order chi connectivity index (χ0) is 25.7. The van der Waals surface area contributed by atoms with Crippen molar-refractivity contribution in [1.29, 1.82) is 0 Å². The Labute approximate surface area is 211 Å². The number of nitrogens with one attached hydrogen (secondary N) is 1. The summed E-state index contributed by atoms with van der Waals surface area (Å²) in [5.41, 5.74) is -0.372. The first kappa shape index (κ1) is 25.9. The number of likely N-dealkylation sites (tertiary alicyclic amines) is 2. The first-order valence-corrected chi connectivity index (χ1v) is 13.7. The molecule has 0 radical (unpaired) electrons. The summed E-state index contributed by atoms with van der Waals surface area (Å²) in [5, 5.41) is 7.62. The molecule has 1 aromatic heterocycles. The minimum atomic E-state index is -2.84. The number of aromatic nitrogens is 2. The van der Waals surface area contributed by atoms with Gasteiger partial charge in [-0.3, -0.25) is 9.69 Å². The van der Waals surface area contributed by atoms with Crippen molar-refractivity contribution in [1.82, 2.24) is 25.3 Å². The Morgan fingerprint density at radius 3 is 2.56 bits per heavy atom. The van der Waals surface area contributed by atoms with Gasteiger partial charge in [0, 0.05) is 61.9 Å². The van der Waals surface area contributed by atoms with Gasteiger partial charge in [-0.1, -0.05) is 12.1 Å². The molecule has 10 heteroatoms. The van der Waals surface area contributed by atoms with Crippen molar-refractivity contribution >= 4 is 5.91 Å². The Kier molecular flexibility index (Phi) is 7.13. The summed E-state index contributed by atoms with van der Waals surface area (Å²) >= 11 is 0. The van der Waals surface area contributed by atoms with E-state index >= 15 is 8.78 Å². The van der Waals surface area contributed by atoms with Crippen LogP contribution in [0.15, 0.2) is 4.52 Å². The molecule has 0 bridgehead atoms. The lowest BCUT2D eigenvalue weighted by Gasteiger charge is -2.42. The molecule has 5 rings (SSSR count). The quantitative estimate of drug-likeness (QED) is 0.596. The second-order valence-electron chi connectivity index (χ2n) is 12.1. The highest BCUT2D eigenvalue weighted by Crippen LogP contribution is 2.44. The molecule has 0 spiro atoms. The Hall–Kier alpha value is -1.68. The van der Waals surface area contributed by atoms with Crippen LogP contribution in [-0.4, -0.2) is 82.2 Å². The number of hydrogen-bond donors (Lipinski definition) is 1. The van der Waals surface area contributed by atoms with Crippen LogP contribution in [0.2, 0.25) is 0 Å². The van der Waals surface area contributed by atoms with Gasteiger partial charge in [-0.25, -0.2) is 13.2 Å². The van der Waals surface area contributed by atoms with Gasteiger partial charge in [0.15, 0.2) is 5.82 Å². The first-order chi connectivity index (χ1) is 17.1. The Balaban J connectivity index is 1.18. The van der Waals surface area contributed by atoms with E-state index in [4.69, 9.17) is 4.52 Å². The zero-order valence-electron chi connectivity index (χ0n) is 21.7. The predicted octanol–water partition coefficient (Wildman–Crippen LogP) is 4.04. The van der Waals surface area contributed by atoms with Crippen LogP contribution in [0.4, 0.5) is 13.2 Å². The highest BCUT2D eigenvalue weighted by Gasteiger charge is 2.49. The van der Waals surface area contributed by atoms with E-state index < -0.39 is 18.0 Å². The summed E-state index contributed by atoms with van der Waals surface area (Å²) in [6, 6.07) is 0.298. The number of piperidine rings is 1. The molecule has 4 fully saturated rings. The molecule has 202 valence electrons. The topological polar surface area (TPSA) is 74.5 Å². The molecule has 2 saturated heterocycles. The van der Waals surface area contributed by atoms with Crippen LogP contribution in [0.3, 0.4) is 0 Å². The molecule has 0 aromatic carbocycles. The standard InChI is InChI=1S/C26H40F3N5O2/c1-16(2)34-10-6-17(15-34)30-21-5-4-7-26(28,29)19(21)14-22(35)33-11-8-25(3,9-12-33)24-31-23(36-32-24)18-13-20(18)27/h16-21,30H,4-15H2,1-3H3/t17-,18+,19+,20-,21-/m0/s1. The number of alkyl halides is 3. The maximum atomic E-state index is 15.1. The predicted molar refractivity (Wildman–Crippen MR) is 129 cm³/mol. The van der Waals surface area contributed by atoms with E-state index in [1.54, 1.807) is 4.90 Å². The van der Waals surface area contributed by atoms with Crippen LogP contribution in [0.1, 0.15) is 89.8 Å². The molecule has 3 heterocycles. The molecule has 0 unspecified atom stereocenters. The van der Waals surface area contributed by atoms with Gasteiger partial charge in [-0.2, -0.15) is 4.98 Å². The van der Waals surface area contributed by atoms with Crippen molar-refractivity contribution in [3.63, 3.8) is 0 Å².